The molecule has 5 heteroatoms. The highest BCUT2D eigenvalue weighted by Crippen LogP contribution is 2.23. The van der Waals surface area contributed by atoms with Gasteiger partial charge in [0.25, 0.3) is 0 Å². The second-order valence-corrected chi connectivity index (χ2v) is 5.91. The molecule has 0 amide bonds. The normalized spacial score (nSPS) is 13.3. The lowest BCUT2D eigenvalue weighted by Crippen LogP contribution is -2.99. The van der Waals surface area contributed by atoms with Crippen LogP contribution in [-0.2, 0) is 0 Å². The molecule has 0 bridgehead atoms. The number of ether oxygens (including phenoxy) is 1. The predicted molar refractivity (Wildman–Crippen MR) is 97.7 cm³/mol. The predicted octanol–water partition coefficient (Wildman–Crippen LogP) is 2.78. The number of rotatable bonds is 5. The summed E-state index contributed by atoms with van der Waals surface area (Å²) in [6, 6.07) is 21.5. The Balaban J connectivity index is 1.75. The van der Waals surface area contributed by atoms with Crippen molar-refractivity contribution in [3.05, 3.63) is 88.8 Å². The molecule has 0 aliphatic rings. The van der Waals surface area contributed by atoms with E-state index >= 15 is 0 Å². The Morgan fingerprint density at radius 2 is 1.28 bits per heavy atom. The molecule has 3 aromatic carbocycles. The molecule has 0 saturated carbocycles. The Morgan fingerprint density at radius 1 is 0.720 bits per heavy atom. The van der Waals surface area contributed by atoms with Crippen molar-refractivity contribution in [3.63, 3.8) is 0 Å². The molecule has 0 radical (unpaired) electrons. The summed E-state index contributed by atoms with van der Waals surface area (Å²) in [4.78, 5) is 0. The minimum Gasteiger partial charge on any atom is -0.629 e. The lowest BCUT2D eigenvalue weighted by atomic mass is 10.2. The number of aryl methyl sites for hydroxylation is 1. The molecule has 2 N–H and O–H groups in total. The maximum atomic E-state index is 12.6. The standard InChI is InChI=1S/C20H20N2O3/c1-15-6-10-19(11-7-15)25-20-12-8-16(9-13-20)22(24)18-5-3-4-17(14-18)21(2)23/h3-14,21-22H,1-2H3. The van der Waals surface area contributed by atoms with Crippen LogP contribution in [0.1, 0.15) is 5.56 Å². The van der Waals surface area contributed by atoms with Crippen molar-refractivity contribution < 1.29 is 14.9 Å². The first kappa shape index (κ1) is 17.1. The third kappa shape index (κ3) is 4.23. The largest absolute Gasteiger partial charge is 0.629 e. The van der Waals surface area contributed by atoms with Crippen molar-refractivity contribution in [2.24, 2.45) is 0 Å². The fourth-order valence-corrected chi connectivity index (χ4v) is 2.46. The summed E-state index contributed by atoms with van der Waals surface area (Å²) in [6.07, 6.45) is 0. The fourth-order valence-electron chi connectivity index (χ4n) is 2.46. The van der Waals surface area contributed by atoms with E-state index in [-0.39, 0.29) is 10.1 Å². The number of hydrogen-bond acceptors (Lipinski definition) is 3. The van der Waals surface area contributed by atoms with Gasteiger partial charge in [-0.1, -0.05) is 23.8 Å². The van der Waals surface area contributed by atoms with Gasteiger partial charge in [-0.15, -0.1) is 0 Å². The topological polar surface area (TPSA) is 64.2 Å². The molecule has 2 atom stereocenters. The molecule has 0 aromatic heterocycles. The van der Waals surface area contributed by atoms with E-state index in [0.717, 1.165) is 5.75 Å². The number of nitrogens with one attached hydrogen (secondary N) is 2. The first-order valence-corrected chi connectivity index (χ1v) is 8.03. The monoisotopic (exact) mass is 336 g/mol. The maximum absolute atomic E-state index is 12.6. The summed E-state index contributed by atoms with van der Waals surface area (Å²) in [5.74, 6) is 1.41. The van der Waals surface area contributed by atoms with Gasteiger partial charge in [0.1, 0.15) is 28.6 Å². The second-order valence-electron chi connectivity index (χ2n) is 5.91. The van der Waals surface area contributed by atoms with Crippen LogP contribution in [-0.4, -0.2) is 7.05 Å². The zero-order chi connectivity index (χ0) is 17.8. The van der Waals surface area contributed by atoms with Crippen LogP contribution >= 0.6 is 0 Å². The van der Waals surface area contributed by atoms with Gasteiger partial charge in [0.2, 0.25) is 0 Å². The Morgan fingerprint density at radius 3 is 1.88 bits per heavy atom. The lowest BCUT2D eigenvalue weighted by molar-refractivity contribution is -0.752. The van der Waals surface area contributed by atoms with Gasteiger partial charge < -0.3 is 25.3 Å². The van der Waals surface area contributed by atoms with E-state index in [1.165, 1.54) is 12.6 Å². The van der Waals surface area contributed by atoms with Crippen LogP contribution < -0.4 is 14.9 Å². The first-order valence-electron chi connectivity index (χ1n) is 8.03. The van der Waals surface area contributed by atoms with E-state index in [1.807, 2.05) is 31.2 Å². The van der Waals surface area contributed by atoms with Crippen LogP contribution in [0, 0.1) is 17.3 Å². The number of benzene rings is 3. The Bertz CT molecular complexity index is 830. The quantitative estimate of drug-likeness (QED) is 0.704. The van der Waals surface area contributed by atoms with Crippen LogP contribution in [0.15, 0.2) is 72.8 Å². The van der Waals surface area contributed by atoms with Crippen molar-refractivity contribution in [3.8, 4) is 11.5 Å². The summed E-state index contributed by atoms with van der Waals surface area (Å²) in [5.41, 5.74) is 2.75. The molecule has 3 aromatic rings. The summed E-state index contributed by atoms with van der Waals surface area (Å²) in [6.45, 7) is 2.02. The SMILES string of the molecule is Cc1ccc(Oc2ccc([NH+]([O-])c3cccc([NH+](C)[O-])c3)cc2)cc1. The number of hydrogen-bond donors (Lipinski definition) is 2. The van der Waals surface area contributed by atoms with E-state index in [0.29, 0.717) is 22.8 Å². The first-order chi connectivity index (χ1) is 12.0. The van der Waals surface area contributed by atoms with E-state index in [4.69, 9.17) is 4.74 Å². The molecular weight excluding hydrogens is 316 g/mol. The molecule has 25 heavy (non-hydrogen) atoms. The van der Waals surface area contributed by atoms with Crippen molar-refractivity contribution in [1.82, 2.24) is 0 Å². The summed E-state index contributed by atoms with van der Waals surface area (Å²) < 4.78 is 5.77. The maximum Gasteiger partial charge on any atom is 0.142 e. The minimum absolute atomic E-state index is 0.0588. The summed E-state index contributed by atoms with van der Waals surface area (Å²) in [7, 11) is 1.49. The van der Waals surface area contributed by atoms with Crippen LogP contribution in [0.2, 0.25) is 0 Å². The van der Waals surface area contributed by atoms with Crippen LogP contribution in [0.25, 0.3) is 0 Å². The summed E-state index contributed by atoms with van der Waals surface area (Å²) >= 11 is 0. The Labute approximate surface area is 146 Å². The average Bonchev–Trinajstić information content (AvgIpc) is 2.64. The van der Waals surface area contributed by atoms with Crippen LogP contribution in [0.5, 0.6) is 11.5 Å². The van der Waals surface area contributed by atoms with Gasteiger partial charge in [0.05, 0.1) is 13.1 Å². The number of hydroxylamine groups is 1. The van der Waals surface area contributed by atoms with E-state index in [2.05, 4.69) is 0 Å². The van der Waals surface area contributed by atoms with Gasteiger partial charge in [-0.2, -0.15) is 0 Å². The fraction of sp³-hybridized carbons (Fsp3) is 0.100. The zero-order valence-electron chi connectivity index (χ0n) is 14.2. The highest BCUT2D eigenvalue weighted by molar-refractivity contribution is 5.46. The number of quaternary nitrogens is 2. The van der Waals surface area contributed by atoms with E-state index in [1.54, 1.807) is 48.5 Å². The lowest BCUT2D eigenvalue weighted by Gasteiger charge is -2.23. The van der Waals surface area contributed by atoms with Gasteiger partial charge in [0, 0.05) is 18.2 Å². The molecule has 128 valence electrons. The summed E-state index contributed by atoms with van der Waals surface area (Å²) in [5, 5.41) is 23.9. The Kier molecular flexibility index (Phi) is 5.11. The molecule has 5 nitrogen and oxygen atoms in total. The molecule has 3 rings (SSSR count). The molecular formula is C20H20N2O3. The van der Waals surface area contributed by atoms with Gasteiger partial charge in [-0.05, 0) is 37.3 Å². The average molecular weight is 336 g/mol. The van der Waals surface area contributed by atoms with E-state index in [9.17, 15) is 10.4 Å². The van der Waals surface area contributed by atoms with Gasteiger partial charge in [-0.3, -0.25) is 0 Å². The highest BCUT2D eigenvalue weighted by atomic mass is 16.5. The van der Waals surface area contributed by atoms with Crippen molar-refractivity contribution in [2.75, 3.05) is 7.05 Å². The molecule has 0 spiro atoms. The van der Waals surface area contributed by atoms with E-state index < -0.39 is 0 Å². The molecule has 0 saturated heterocycles. The zero-order valence-corrected chi connectivity index (χ0v) is 14.2. The van der Waals surface area contributed by atoms with Crippen LogP contribution in [0.4, 0.5) is 17.1 Å². The van der Waals surface area contributed by atoms with Crippen molar-refractivity contribution in [2.45, 2.75) is 6.92 Å². The van der Waals surface area contributed by atoms with Gasteiger partial charge in [-0.25, -0.2) is 0 Å². The molecule has 0 aliphatic carbocycles. The van der Waals surface area contributed by atoms with Crippen molar-refractivity contribution in [1.29, 1.82) is 0 Å². The van der Waals surface area contributed by atoms with Crippen LogP contribution in [0.3, 0.4) is 0 Å². The molecule has 2 unspecified atom stereocenters. The second kappa shape index (κ2) is 7.46. The smallest absolute Gasteiger partial charge is 0.142 e. The molecule has 0 heterocycles. The third-order valence-corrected chi connectivity index (χ3v) is 3.90. The van der Waals surface area contributed by atoms with Gasteiger partial charge in [0.15, 0.2) is 0 Å². The highest BCUT2D eigenvalue weighted by Gasteiger charge is 2.09. The Hall–Kier alpha value is -2.70. The van der Waals surface area contributed by atoms with Crippen molar-refractivity contribution >= 4 is 17.1 Å². The molecule has 0 aliphatic heterocycles. The molecule has 0 fully saturated rings. The van der Waals surface area contributed by atoms with Gasteiger partial charge >= 0.3 is 0 Å². The third-order valence-electron chi connectivity index (χ3n) is 3.90. The minimum atomic E-state index is -0.120.